The Bertz CT molecular complexity index is 578. The number of pyridine rings is 1. The molecule has 0 bridgehead atoms. The van der Waals surface area contributed by atoms with Gasteiger partial charge in [-0.05, 0) is 37.9 Å². The number of para-hydroxylation sites is 1. The lowest BCUT2D eigenvalue weighted by atomic mass is 10.0. The summed E-state index contributed by atoms with van der Waals surface area (Å²) in [5, 5.41) is 4.85. The lowest BCUT2D eigenvalue weighted by Gasteiger charge is -2.24. The van der Waals surface area contributed by atoms with E-state index in [-0.39, 0.29) is 0 Å². The van der Waals surface area contributed by atoms with E-state index in [1.54, 1.807) is 0 Å². The molecule has 1 N–H and O–H groups in total. The van der Waals surface area contributed by atoms with Crippen molar-refractivity contribution in [2.24, 2.45) is 0 Å². The van der Waals surface area contributed by atoms with Gasteiger partial charge in [0.25, 0.3) is 0 Å². The quantitative estimate of drug-likeness (QED) is 0.883. The Morgan fingerprint density at radius 3 is 3.00 bits per heavy atom. The molecule has 1 aliphatic rings. The summed E-state index contributed by atoms with van der Waals surface area (Å²) in [7, 11) is 0. The third kappa shape index (κ3) is 3.60. The summed E-state index contributed by atoms with van der Waals surface area (Å²) >= 11 is 0. The van der Waals surface area contributed by atoms with Crippen LogP contribution in [-0.4, -0.2) is 30.3 Å². The second-order valence-corrected chi connectivity index (χ2v) is 5.81. The van der Waals surface area contributed by atoms with Crippen LogP contribution in [0.15, 0.2) is 36.4 Å². The number of fused-ring (bicyclic) bond motifs is 1. The lowest BCUT2D eigenvalue weighted by Crippen LogP contribution is -2.41. The molecular weight excluding hydrogens is 260 g/mol. The highest BCUT2D eigenvalue weighted by Crippen LogP contribution is 2.19. The standard InChI is InChI=1S/C18H24N2O/c1-2-11-19-17(18-8-5-12-21-18)13-15-10-9-14-6-3-4-7-16(14)20-15/h3-4,6-7,9-10,17-19H,2,5,8,11-13H2,1H3. The average molecular weight is 284 g/mol. The molecule has 1 aliphatic heterocycles. The summed E-state index contributed by atoms with van der Waals surface area (Å²) in [6.07, 6.45) is 4.77. The fraction of sp³-hybridized carbons (Fsp3) is 0.500. The summed E-state index contributed by atoms with van der Waals surface area (Å²) in [5.74, 6) is 0. The molecule has 0 radical (unpaired) electrons. The molecule has 21 heavy (non-hydrogen) atoms. The third-order valence-electron chi connectivity index (χ3n) is 4.16. The molecule has 3 rings (SSSR count). The minimum absolute atomic E-state index is 0.338. The Morgan fingerprint density at radius 2 is 2.19 bits per heavy atom. The van der Waals surface area contributed by atoms with E-state index in [1.807, 2.05) is 6.07 Å². The second kappa shape index (κ2) is 7.01. The van der Waals surface area contributed by atoms with Gasteiger partial charge in [0.15, 0.2) is 0 Å². The molecule has 1 aromatic carbocycles. The lowest BCUT2D eigenvalue weighted by molar-refractivity contribution is 0.0781. The van der Waals surface area contributed by atoms with E-state index in [4.69, 9.17) is 9.72 Å². The van der Waals surface area contributed by atoms with Crippen LogP contribution in [0.2, 0.25) is 0 Å². The van der Waals surface area contributed by atoms with Gasteiger partial charge in [0.1, 0.15) is 0 Å². The van der Waals surface area contributed by atoms with Crippen LogP contribution in [-0.2, 0) is 11.2 Å². The van der Waals surface area contributed by atoms with Crippen molar-refractivity contribution in [3.05, 3.63) is 42.1 Å². The van der Waals surface area contributed by atoms with E-state index in [0.717, 1.165) is 43.6 Å². The van der Waals surface area contributed by atoms with Crippen molar-refractivity contribution in [1.82, 2.24) is 10.3 Å². The van der Waals surface area contributed by atoms with E-state index < -0.39 is 0 Å². The molecule has 0 spiro atoms. The van der Waals surface area contributed by atoms with Crippen LogP contribution in [0.4, 0.5) is 0 Å². The van der Waals surface area contributed by atoms with Gasteiger partial charge < -0.3 is 10.1 Å². The van der Waals surface area contributed by atoms with Crippen LogP contribution in [0.3, 0.4) is 0 Å². The van der Waals surface area contributed by atoms with Gasteiger partial charge in [-0.15, -0.1) is 0 Å². The first kappa shape index (κ1) is 14.5. The SMILES string of the molecule is CCCNC(Cc1ccc2ccccc2n1)C1CCCO1. The molecule has 0 aliphatic carbocycles. The second-order valence-electron chi connectivity index (χ2n) is 5.81. The molecular formula is C18H24N2O. The van der Waals surface area contributed by atoms with E-state index >= 15 is 0 Å². The molecule has 2 aromatic rings. The molecule has 112 valence electrons. The largest absolute Gasteiger partial charge is 0.377 e. The van der Waals surface area contributed by atoms with E-state index in [9.17, 15) is 0 Å². The number of rotatable bonds is 6. The Balaban J connectivity index is 1.75. The summed E-state index contributed by atoms with van der Waals surface area (Å²) in [4.78, 5) is 4.80. The van der Waals surface area contributed by atoms with Crippen LogP contribution in [0.25, 0.3) is 10.9 Å². The number of hydrogen-bond donors (Lipinski definition) is 1. The maximum atomic E-state index is 5.88. The van der Waals surface area contributed by atoms with Crippen LogP contribution in [0, 0.1) is 0 Å². The van der Waals surface area contributed by atoms with Crippen LogP contribution in [0.1, 0.15) is 31.9 Å². The number of ether oxygens (including phenoxy) is 1. The topological polar surface area (TPSA) is 34.2 Å². The molecule has 3 heteroatoms. The molecule has 2 heterocycles. The molecule has 0 saturated carbocycles. The normalized spacial score (nSPS) is 20.0. The Hall–Kier alpha value is -1.45. The minimum atomic E-state index is 0.338. The fourth-order valence-corrected chi connectivity index (χ4v) is 3.03. The first-order chi connectivity index (χ1) is 10.4. The molecule has 3 nitrogen and oxygen atoms in total. The van der Waals surface area contributed by atoms with Gasteiger partial charge >= 0.3 is 0 Å². The number of nitrogens with one attached hydrogen (secondary N) is 1. The molecule has 1 aromatic heterocycles. The maximum Gasteiger partial charge on any atom is 0.0732 e. The van der Waals surface area contributed by atoms with Gasteiger partial charge in [0.2, 0.25) is 0 Å². The van der Waals surface area contributed by atoms with Crippen molar-refractivity contribution >= 4 is 10.9 Å². The highest BCUT2D eigenvalue weighted by atomic mass is 16.5. The van der Waals surface area contributed by atoms with Crippen LogP contribution < -0.4 is 5.32 Å². The molecule has 1 saturated heterocycles. The average Bonchev–Trinajstić information content (AvgIpc) is 3.05. The summed E-state index contributed by atoms with van der Waals surface area (Å²) in [6, 6.07) is 13.0. The van der Waals surface area contributed by atoms with E-state index in [2.05, 4.69) is 42.6 Å². The first-order valence-corrected chi connectivity index (χ1v) is 8.06. The van der Waals surface area contributed by atoms with Crippen molar-refractivity contribution in [3.8, 4) is 0 Å². The summed E-state index contributed by atoms with van der Waals surface area (Å²) in [5.41, 5.74) is 2.23. The number of aromatic nitrogens is 1. The van der Waals surface area contributed by atoms with Crippen LogP contribution >= 0.6 is 0 Å². The van der Waals surface area contributed by atoms with Crippen molar-refractivity contribution in [1.29, 1.82) is 0 Å². The zero-order valence-electron chi connectivity index (χ0n) is 12.7. The molecule has 1 fully saturated rings. The zero-order chi connectivity index (χ0) is 14.5. The molecule has 0 amide bonds. The zero-order valence-corrected chi connectivity index (χ0v) is 12.7. The Morgan fingerprint density at radius 1 is 1.29 bits per heavy atom. The molecule has 2 atom stereocenters. The summed E-state index contributed by atoms with van der Waals surface area (Å²) < 4.78 is 5.88. The predicted octanol–water partition coefficient (Wildman–Crippen LogP) is 3.32. The number of nitrogens with zero attached hydrogens (tertiary/aromatic N) is 1. The van der Waals surface area contributed by atoms with Gasteiger partial charge in [-0.2, -0.15) is 0 Å². The van der Waals surface area contributed by atoms with Crippen molar-refractivity contribution in [3.63, 3.8) is 0 Å². The van der Waals surface area contributed by atoms with Crippen LogP contribution in [0.5, 0.6) is 0 Å². The third-order valence-corrected chi connectivity index (χ3v) is 4.16. The van der Waals surface area contributed by atoms with Gasteiger partial charge in [-0.3, -0.25) is 4.98 Å². The van der Waals surface area contributed by atoms with Crippen molar-refractivity contribution < 1.29 is 4.74 Å². The van der Waals surface area contributed by atoms with E-state index in [1.165, 1.54) is 11.8 Å². The fourth-order valence-electron chi connectivity index (χ4n) is 3.03. The molecule has 2 unspecified atom stereocenters. The van der Waals surface area contributed by atoms with Crippen molar-refractivity contribution in [2.75, 3.05) is 13.2 Å². The first-order valence-electron chi connectivity index (χ1n) is 8.06. The smallest absolute Gasteiger partial charge is 0.0732 e. The van der Waals surface area contributed by atoms with Crippen molar-refractivity contribution in [2.45, 2.75) is 44.8 Å². The predicted molar refractivity (Wildman–Crippen MR) is 86.5 cm³/mol. The van der Waals surface area contributed by atoms with Gasteiger partial charge in [0.05, 0.1) is 11.6 Å². The highest BCUT2D eigenvalue weighted by Gasteiger charge is 2.25. The van der Waals surface area contributed by atoms with Gasteiger partial charge in [-0.25, -0.2) is 0 Å². The Kier molecular flexibility index (Phi) is 4.84. The summed E-state index contributed by atoms with van der Waals surface area (Å²) in [6.45, 7) is 4.14. The maximum absolute atomic E-state index is 5.88. The number of benzene rings is 1. The number of hydrogen-bond acceptors (Lipinski definition) is 3. The van der Waals surface area contributed by atoms with Gasteiger partial charge in [0, 0.05) is 30.1 Å². The Labute approximate surface area is 126 Å². The highest BCUT2D eigenvalue weighted by molar-refractivity contribution is 5.78. The van der Waals surface area contributed by atoms with E-state index in [0.29, 0.717) is 12.1 Å². The minimum Gasteiger partial charge on any atom is -0.377 e. The van der Waals surface area contributed by atoms with Gasteiger partial charge in [-0.1, -0.05) is 31.2 Å². The monoisotopic (exact) mass is 284 g/mol.